The zero-order chi connectivity index (χ0) is 12.5. The molecule has 3 rings (SSSR count). The summed E-state index contributed by atoms with van der Waals surface area (Å²) < 4.78 is 1.66. The highest BCUT2D eigenvalue weighted by atomic mass is 16.2. The number of hydrogen-bond donors (Lipinski definition) is 0. The predicted molar refractivity (Wildman–Crippen MR) is 65.4 cm³/mol. The molecule has 2 heterocycles. The minimum Gasteiger partial charge on any atom is -0.328 e. The van der Waals surface area contributed by atoms with E-state index in [4.69, 9.17) is 0 Å². The maximum absolute atomic E-state index is 12.1. The summed E-state index contributed by atoms with van der Waals surface area (Å²) in [5.74, 6) is 0.0874. The average Bonchev–Trinajstić information content (AvgIpc) is 2.85. The zero-order valence-corrected chi connectivity index (χ0v) is 10.2. The predicted octanol–water partition coefficient (Wildman–Crippen LogP) is 1.38. The van der Waals surface area contributed by atoms with Gasteiger partial charge in [-0.1, -0.05) is 35.5 Å². The molecule has 0 radical (unpaired) electrons. The van der Waals surface area contributed by atoms with Crippen molar-refractivity contribution in [2.75, 3.05) is 0 Å². The number of carbonyl (C=O) groups is 1. The van der Waals surface area contributed by atoms with Crippen molar-refractivity contribution >= 4 is 5.91 Å². The highest BCUT2D eigenvalue weighted by Gasteiger charge is 2.28. The van der Waals surface area contributed by atoms with Crippen molar-refractivity contribution in [3.63, 3.8) is 0 Å². The summed E-state index contributed by atoms with van der Waals surface area (Å²) in [5, 5.41) is 7.73. The van der Waals surface area contributed by atoms with Crippen LogP contribution in [0.25, 0.3) is 0 Å². The van der Waals surface area contributed by atoms with Crippen molar-refractivity contribution in [3.05, 3.63) is 47.8 Å². The first-order chi connectivity index (χ1) is 8.75. The van der Waals surface area contributed by atoms with Crippen LogP contribution in [-0.4, -0.2) is 25.8 Å². The van der Waals surface area contributed by atoms with Gasteiger partial charge >= 0.3 is 0 Å². The Morgan fingerprint density at radius 2 is 2.00 bits per heavy atom. The summed E-state index contributed by atoms with van der Waals surface area (Å²) in [7, 11) is 0. The van der Waals surface area contributed by atoms with E-state index in [9.17, 15) is 4.79 Å². The minimum absolute atomic E-state index is 0.0716. The van der Waals surface area contributed by atoms with E-state index >= 15 is 0 Å². The molecule has 18 heavy (non-hydrogen) atoms. The summed E-state index contributed by atoms with van der Waals surface area (Å²) in [5.41, 5.74) is 2.13. The Morgan fingerprint density at radius 1 is 1.22 bits per heavy atom. The zero-order valence-electron chi connectivity index (χ0n) is 10.2. The normalized spacial score (nSPS) is 16.5. The van der Waals surface area contributed by atoms with Gasteiger partial charge in [0.25, 0.3) is 0 Å². The maximum Gasteiger partial charge on any atom is 0.245 e. The Labute approximate surface area is 105 Å². The third-order valence-corrected chi connectivity index (χ3v) is 3.39. The van der Waals surface area contributed by atoms with Gasteiger partial charge in [0, 0.05) is 0 Å². The first-order valence-corrected chi connectivity index (χ1v) is 5.97. The SMILES string of the molecule is CC(c1ccccc1)N1Cc2cnnn2CC1=O. The van der Waals surface area contributed by atoms with Gasteiger partial charge in [-0.3, -0.25) is 4.79 Å². The molecule has 0 spiro atoms. The Kier molecular flexibility index (Phi) is 2.59. The second kappa shape index (κ2) is 4.25. The van der Waals surface area contributed by atoms with Crippen LogP contribution in [0.1, 0.15) is 24.2 Å². The van der Waals surface area contributed by atoms with Crippen LogP contribution in [0.2, 0.25) is 0 Å². The molecule has 92 valence electrons. The number of benzene rings is 1. The Balaban J connectivity index is 1.87. The maximum atomic E-state index is 12.1. The van der Waals surface area contributed by atoms with E-state index in [1.807, 2.05) is 42.2 Å². The van der Waals surface area contributed by atoms with Crippen LogP contribution in [0.4, 0.5) is 0 Å². The molecule has 1 aliphatic heterocycles. The van der Waals surface area contributed by atoms with Crippen molar-refractivity contribution in [1.82, 2.24) is 19.9 Å². The molecule has 1 aromatic carbocycles. The van der Waals surface area contributed by atoms with Gasteiger partial charge in [0.15, 0.2) is 0 Å². The van der Waals surface area contributed by atoms with E-state index in [1.165, 1.54) is 0 Å². The fourth-order valence-electron chi connectivity index (χ4n) is 2.28. The molecular formula is C13H14N4O. The van der Waals surface area contributed by atoms with Gasteiger partial charge in [-0.05, 0) is 12.5 Å². The smallest absolute Gasteiger partial charge is 0.245 e. The summed E-state index contributed by atoms with van der Waals surface area (Å²) in [6, 6.07) is 10.1. The molecule has 0 aliphatic carbocycles. The summed E-state index contributed by atoms with van der Waals surface area (Å²) in [6.45, 7) is 2.90. The van der Waals surface area contributed by atoms with Crippen LogP contribution < -0.4 is 0 Å². The first-order valence-electron chi connectivity index (χ1n) is 5.97. The van der Waals surface area contributed by atoms with Crippen molar-refractivity contribution in [1.29, 1.82) is 0 Å². The van der Waals surface area contributed by atoms with Gasteiger partial charge in [0.2, 0.25) is 5.91 Å². The molecular weight excluding hydrogens is 228 g/mol. The fourth-order valence-corrected chi connectivity index (χ4v) is 2.28. The second-order valence-corrected chi connectivity index (χ2v) is 4.49. The second-order valence-electron chi connectivity index (χ2n) is 4.49. The molecule has 1 aromatic heterocycles. The molecule has 5 nitrogen and oxygen atoms in total. The van der Waals surface area contributed by atoms with E-state index in [0.717, 1.165) is 11.3 Å². The first kappa shape index (κ1) is 11.0. The lowest BCUT2D eigenvalue weighted by molar-refractivity contribution is -0.136. The standard InChI is InChI=1S/C13H14N4O/c1-10(11-5-3-2-4-6-11)16-8-12-7-14-15-17(12)9-13(16)18/h2-7,10H,8-9H2,1H3. The molecule has 0 bridgehead atoms. The number of fused-ring (bicyclic) bond motifs is 1. The highest BCUT2D eigenvalue weighted by Crippen LogP contribution is 2.24. The molecule has 0 saturated carbocycles. The van der Waals surface area contributed by atoms with Crippen molar-refractivity contribution in [2.24, 2.45) is 0 Å². The topological polar surface area (TPSA) is 51.0 Å². The van der Waals surface area contributed by atoms with E-state index in [2.05, 4.69) is 10.3 Å². The average molecular weight is 242 g/mol. The summed E-state index contributed by atoms with van der Waals surface area (Å²) in [4.78, 5) is 14.0. The molecule has 1 amide bonds. The Morgan fingerprint density at radius 3 is 2.78 bits per heavy atom. The van der Waals surface area contributed by atoms with Crippen molar-refractivity contribution in [2.45, 2.75) is 26.1 Å². The lowest BCUT2D eigenvalue weighted by Crippen LogP contribution is -2.40. The highest BCUT2D eigenvalue weighted by molar-refractivity contribution is 5.77. The molecule has 2 aromatic rings. The largest absolute Gasteiger partial charge is 0.328 e. The van der Waals surface area contributed by atoms with Crippen LogP contribution in [0, 0.1) is 0 Å². The van der Waals surface area contributed by atoms with Crippen LogP contribution in [0.5, 0.6) is 0 Å². The number of nitrogens with zero attached hydrogens (tertiary/aromatic N) is 4. The molecule has 1 unspecified atom stereocenters. The van der Waals surface area contributed by atoms with E-state index in [0.29, 0.717) is 6.54 Å². The monoisotopic (exact) mass is 242 g/mol. The molecule has 1 atom stereocenters. The summed E-state index contributed by atoms with van der Waals surface area (Å²) in [6.07, 6.45) is 1.72. The fraction of sp³-hybridized carbons (Fsp3) is 0.308. The lowest BCUT2D eigenvalue weighted by atomic mass is 10.1. The number of carbonyl (C=O) groups excluding carboxylic acids is 1. The van der Waals surface area contributed by atoms with Gasteiger partial charge in [-0.15, -0.1) is 5.10 Å². The van der Waals surface area contributed by atoms with Crippen molar-refractivity contribution < 1.29 is 4.79 Å². The third kappa shape index (κ3) is 1.77. The summed E-state index contributed by atoms with van der Waals surface area (Å²) >= 11 is 0. The Bertz CT molecular complexity index is 563. The van der Waals surface area contributed by atoms with Crippen LogP contribution >= 0.6 is 0 Å². The lowest BCUT2D eigenvalue weighted by Gasteiger charge is -2.32. The van der Waals surface area contributed by atoms with Gasteiger partial charge in [0.1, 0.15) is 6.54 Å². The molecule has 1 aliphatic rings. The number of rotatable bonds is 2. The third-order valence-electron chi connectivity index (χ3n) is 3.39. The van der Waals surface area contributed by atoms with Crippen LogP contribution in [-0.2, 0) is 17.9 Å². The molecule has 0 fully saturated rings. The van der Waals surface area contributed by atoms with Gasteiger partial charge in [-0.25, -0.2) is 4.68 Å². The molecule has 0 N–H and O–H groups in total. The minimum atomic E-state index is 0.0716. The van der Waals surface area contributed by atoms with Crippen LogP contribution in [0.3, 0.4) is 0 Å². The molecule has 0 saturated heterocycles. The number of hydrogen-bond acceptors (Lipinski definition) is 3. The number of aromatic nitrogens is 3. The van der Waals surface area contributed by atoms with E-state index in [-0.39, 0.29) is 18.5 Å². The van der Waals surface area contributed by atoms with Gasteiger partial charge in [-0.2, -0.15) is 0 Å². The van der Waals surface area contributed by atoms with E-state index in [1.54, 1.807) is 10.9 Å². The molecule has 5 heteroatoms. The van der Waals surface area contributed by atoms with Gasteiger partial charge < -0.3 is 4.90 Å². The Hall–Kier alpha value is -2.17. The number of amides is 1. The quantitative estimate of drug-likeness (QED) is 0.799. The van der Waals surface area contributed by atoms with Gasteiger partial charge in [0.05, 0.1) is 24.5 Å². The van der Waals surface area contributed by atoms with Crippen molar-refractivity contribution in [3.8, 4) is 0 Å². The van der Waals surface area contributed by atoms with Crippen LogP contribution in [0.15, 0.2) is 36.5 Å². The van der Waals surface area contributed by atoms with E-state index < -0.39 is 0 Å².